The molecule has 0 saturated carbocycles. The maximum absolute atomic E-state index is 12.2. The first kappa shape index (κ1) is 18.9. The third kappa shape index (κ3) is 5.89. The van der Waals surface area contributed by atoms with Crippen molar-refractivity contribution in [3.05, 3.63) is 35.9 Å². The van der Waals surface area contributed by atoms with Crippen LogP contribution in [0.3, 0.4) is 0 Å². The van der Waals surface area contributed by atoms with Crippen molar-refractivity contribution in [2.24, 2.45) is 5.73 Å². The minimum atomic E-state index is -0.303. The normalized spacial score (nSPS) is 19.2. The SMILES string of the molecule is CCC(N)(CC)CNC(=O)CC1CN(Cc2ccccc2)CCO1. The summed E-state index contributed by atoms with van der Waals surface area (Å²) in [7, 11) is 0. The van der Waals surface area contributed by atoms with Gasteiger partial charge in [0.05, 0.1) is 19.1 Å². The number of morpholine rings is 1. The van der Waals surface area contributed by atoms with E-state index in [-0.39, 0.29) is 17.6 Å². The maximum Gasteiger partial charge on any atom is 0.222 e. The van der Waals surface area contributed by atoms with Crippen molar-refractivity contribution in [3.8, 4) is 0 Å². The lowest BCUT2D eigenvalue weighted by atomic mass is 9.94. The van der Waals surface area contributed by atoms with Crippen molar-refractivity contribution in [1.29, 1.82) is 0 Å². The highest BCUT2D eigenvalue weighted by Gasteiger charge is 2.25. The molecule has 0 aromatic heterocycles. The third-order valence-corrected chi connectivity index (χ3v) is 4.93. The summed E-state index contributed by atoms with van der Waals surface area (Å²) >= 11 is 0. The zero-order chi connectivity index (χ0) is 17.4. The summed E-state index contributed by atoms with van der Waals surface area (Å²) in [5.74, 6) is 0.0262. The lowest BCUT2D eigenvalue weighted by Gasteiger charge is -2.33. The minimum absolute atomic E-state index is 0.0262. The van der Waals surface area contributed by atoms with Gasteiger partial charge in [-0.3, -0.25) is 9.69 Å². The molecule has 24 heavy (non-hydrogen) atoms. The van der Waals surface area contributed by atoms with E-state index in [1.54, 1.807) is 0 Å². The van der Waals surface area contributed by atoms with Crippen LogP contribution in [0.25, 0.3) is 0 Å². The lowest BCUT2D eigenvalue weighted by molar-refractivity contribution is -0.126. The van der Waals surface area contributed by atoms with Crippen LogP contribution in [0.15, 0.2) is 30.3 Å². The molecule has 1 aliphatic rings. The Morgan fingerprint density at radius 2 is 2.04 bits per heavy atom. The first-order valence-corrected chi connectivity index (χ1v) is 8.98. The van der Waals surface area contributed by atoms with Crippen LogP contribution in [-0.2, 0) is 16.1 Å². The molecule has 5 nitrogen and oxygen atoms in total. The monoisotopic (exact) mass is 333 g/mol. The Bertz CT molecular complexity index is 503. The maximum atomic E-state index is 12.2. The van der Waals surface area contributed by atoms with Gasteiger partial charge in [-0.2, -0.15) is 0 Å². The number of carbonyl (C=O) groups is 1. The molecule has 1 atom stereocenters. The molecule has 1 aliphatic heterocycles. The number of nitrogens with zero attached hydrogens (tertiary/aromatic N) is 1. The van der Waals surface area contributed by atoms with E-state index < -0.39 is 0 Å². The van der Waals surface area contributed by atoms with Crippen LogP contribution in [-0.4, -0.2) is 48.7 Å². The first-order valence-electron chi connectivity index (χ1n) is 8.98. The summed E-state index contributed by atoms with van der Waals surface area (Å²) in [5.41, 5.74) is 7.22. The van der Waals surface area contributed by atoms with Gasteiger partial charge in [-0.15, -0.1) is 0 Å². The van der Waals surface area contributed by atoms with E-state index in [0.717, 1.165) is 32.5 Å². The number of nitrogens with two attached hydrogens (primary N) is 1. The van der Waals surface area contributed by atoms with Gasteiger partial charge in [0.15, 0.2) is 0 Å². The van der Waals surface area contributed by atoms with Gasteiger partial charge in [0.1, 0.15) is 0 Å². The van der Waals surface area contributed by atoms with Gasteiger partial charge in [-0.05, 0) is 18.4 Å². The van der Waals surface area contributed by atoms with Crippen molar-refractivity contribution < 1.29 is 9.53 Å². The third-order valence-electron chi connectivity index (χ3n) is 4.93. The minimum Gasteiger partial charge on any atom is -0.375 e. The van der Waals surface area contributed by atoms with Crippen LogP contribution in [0.4, 0.5) is 0 Å². The van der Waals surface area contributed by atoms with E-state index in [1.165, 1.54) is 5.56 Å². The van der Waals surface area contributed by atoms with Crippen LogP contribution < -0.4 is 11.1 Å². The summed E-state index contributed by atoms with van der Waals surface area (Å²) in [5, 5.41) is 2.97. The number of ether oxygens (including phenoxy) is 1. The Morgan fingerprint density at radius 1 is 1.33 bits per heavy atom. The molecule has 0 radical (unpaired) electrons. The van der Waals surface area contributed by atoms with Crippen molar-refractivity contribution >= 4 is 5.91 Å². The van der Waals surface area contributed by atoms with Gasteiger partial charge >= 0.3 is 0 Å². The van der Waals surface area contributed by atoms with Crippen LogP contribution in [0.2, 0.25) is 0 Å². The highest BCUT2D eigenvalue weighted by molar-refractivity contribution is 5.76. The molecule has 0 spiro atoms. The quantitative estimate of drug-likeness (QED) is 0.763. The molecule has 3 N–H and O–H groups in total. The zero-order valence-corrected chi connectivity index (χ0v) is 15.0. The lowest BCUT2D eigenvalue weighted by Crippen LogP contribution is -2.50. The second-order valence-electron chi connectivity index (χ2n) is 6.76. The molecule has 1 unspecified atom stereocenters. The zero-order valence-electron chi connectivity index (χ0n) is 15.0. The second-order valence-corrected chi connectivity index (χ2v) is 6.76. The van der Waals surface area contributed by atoms with E-state index in [1.807, 2.05) is 6.07 Å². The number of hydrogen-bond donors (Lipinski definition) is 2. The Hall–Kier alpha value is -1.43. The highest BCUT2D eigenvalue weighted by Crippen LogP contribution is 2.13. The number of amides is 1. The van der Waals surface area contributed by atoms with E-state index in [0.29, 0.717) is 19.6 Å². The van der Waals surface area contributed by atoms with Gasteiger partial charge in [0, 0.05) is 31.7 Å². The molecule has 1 amide bonds. The molecule has 0 bridgehead atoms. The van der Waals surface area contributed by atoms with Gasteiger partial charge in [-0.25, -0.2) is 0 Å². The molecule has 1 heterocycles. The Labute approximate surface area is 145 Å². The van der Waals surface area contributed by atoms with Gasteiger partial charge < -0.3 is 15.8 Å². The average molecular weight is 333 g/mol. The number of rotatable bonds is 8. The Balaban J connectivity index is 1.77. The first-order chi connectivity index (χ1) is 11.5. The van der Waals surface area contributed by atoms with E-state index in [2.05, 4.69) is 48.3 Å². The molecule has 2 rings (SSSR count). The summed E-state index contributed by atoms with van der Waals surface area (Å²) in [4.78, 5) is 14.5. The van der Waals surface area contributed by atoms with Gasteiger partial charge in [0.25, 0.3) is 0 Å². The predicted molar refractivity (Wildman–Crippen MR) is 96.6 cm³/mol. The standard InChI is InChI=1S/C19H31N3O2/c1-3-19(20,4-2)15-21-18(23)12-17-14-22(10-11-24-17)13-16-8-6-5-7-9-16/h5-9,17H,3-4,10-15,20H2,1-2H3,(H,21,23). The second kappa shape index (κ2) is 9.16. The molecule has 1 aromatic carbocycles. The van der Waals surface area contributed by atoms with Gasteiger partial charge in [-0.1, -0.05) is 44.2 Å². The molecule has 134 valence electrons. The van der Waals surface area contributed by atoms with E-state index in [9.17, 15) is 4.79 Å². The van der Waals surface area contributed by atoms with Crippen molar-refractivity contribution in [3.63, 3.8) is 0 Å². The predicted octanol–water partition coefficient (Wildman–Crippen LogP) is 1.91. The van der Waals surface area contributed by atoms with E-state index >= 15 is 0 Å². The topological polar surface area (TPSA) is 67.6 Å². The molecular formula is C19H31N3O2. The van der Waals surface area contributed by atoms with E-state index in [4.69, 9.17) is 10.5 Å². The number of nitrogens with one attached hydrogen (secondary N) is 1. The number of carbonyl (C=O) groups excluding carboxylic acids is 1. The van der Waals surface area contributed by atoms with Crippen LogP contribution >= 0.6 is 0 Å². The number of hydrogen-bond acceptors (Lipinski definition) is 4. The Kier molecular flexibility index (Phi) is 7.21. The fourth-order valence-corrected chi connectivity index (χ4v) is 2.94. The molecule has 0 aliphatic carbocycles. The van der Waals surface area contributed by atoms with Crippen molar-refractivity contribution in [2.75, 3.05) is 26.2 Å². The van der Waals surface area contributed by atoms with Crippen molar-refractivity contribution in [1.82, 2.24) is 10.2 Å². The summed E-state index contributed by atoms with van der Waals surface area (Å²) < 4.78 is 5.77. The summed E-state index contributed by atoms with van der Waals surface area (Å²) in [6.07, 6.45) is 2.07. The fraction of sp³-hybridized carbons (Fsp3) is 0.632. The van der Waals surface area contributed by atoms with Crippen LogP contribution in [0, 0.1) is 0 Å². The average Bonchev–Trinajstić information content (AvgIpc) is 2.61. The van der Waals surface area contributed by atoms with Gasteiger partial charge in [0.2, 0.25) is 5.91 Å². The molecule has 1 saturated heterocycles. The smallest absolute Gasteiger partial charge is 0.222 e. The van der Waals surface area contributed by atoms with Crippen LogP contribution in [0.1, 0.15) is 38.7 Å². The van der Waals surface area contributed by atoms with Crippen molar-refractivity contribution in [2.45, 2.75) is 51.3 Å². The molecular weight excluding hydrogens is 302 g/mol. The highest BCUT2D eigenvalue weighted by atomic mass is 16.5. The largest absolute Gasteiger partial charge is 0.375 e. The van der Waals surface area contributed by atoms with Crippen LogP contribution in [0.5, 0.6) is 0 Å². The molecule has 1 fully saturated rings. The molecule has 5 heteroatoms. The fourth-order valence-electron chi connectivity index (χ4n) is 2.94. The number of benzene rings is 1. The Morgan fingerprint density at radius 3 is 2.71 bits per heavy atom. The summed E-state index contributed by atoms with van der Waals surface area (Å²) in [6.45, 7) is 7.92. The molecule has 1 aromatic rings. The summed E-state index contributed by atoms with van der Waals surface area (Å²) in [6, 6.07) is 10.4.